The van der Waals surface area contributed by atoms with Crippen molar-refractivity contribution >= 4 is 11.6 Å². The number of aryl methyl sites for hydroxylation is 1. The standard InChI is InChI=1S/C17H16ClNO2/c1-13-10-16(6-7-17(13)18)21-9-3-8-20-15-5-2-4-14(11-15)12-19/h2,4-7,10-11H,3,8-9H2,1H3. The van der Waals surface area contributed by atoms with Crippen LogP contribution in [0.4, 0.5) is 0 Å². The summed E-state index contributed by atoms with van der Waals surface area (Å²) in [6, 6.07) is 14.8. The maximum atomic E-state index is 8.80. The predicted molar refractivity (Wildman–Crippen MR) is 83.0 cm³/mol. The molecule has 0 aliphatic carbocycles. The van der Waals surface area contributed by atoms with Crippen molar-refractivity contribution in [2.45, 2.75) is 13.3 Å². The summed E-state index contributed by atoms with van der Waals surface area (Å²) in [7, 11) is 0. The Morgan fingerprint density at radius 3 is 2.43 bits per heavy atom. The van der Waals surface area contributed by atoms with E-state index in [2.05, 4.69) is 6.07 Å². The number of rotatable bonds is 6. The minimum Gasteiger partial charge on any atom is -0.493 e. The van der Waals surface area contributed by atoms with Gasteiger partial charge in [0.05, 0.1) is 24.8 Å². The van der Waals surface area contributed by atoms with Crippen LogP contribution in [0.2, 0.25) is 5.02 Å². The van der Waals surface area contributed by atoms with E-state index in [9.17, 15) is 0 Å². The van der Waals surface area contributed by atoms with E-state index in [1.807, 2.05) is 31.2 Å². The summed E-state index contributed by atoms with van der Waals surface area (Å²) in [5.74, 6) is 1.51. The predicted octanol–water partition coefficient (Wildman–Crippen LogP) is 4.37. The Morgan fingerprint density at radius 2 is 1.76 bits per heavy atom. The van der Waals surface area contributed by atoms with Crippen molar-refractivity contribution in [1.29, 1.82) is 5.26 Å². The van der Waals surface area contributed by atoms with Gasteiger partial charge in [-0.3, -0.25) is 0 Å². The molecule has 3 nitrogen and oxygen atoms in total. The summed E-state index contributed by atoms with van der Waals surface area (Å²) in [6.07, 6.45) is 0.762. The SMILES string of the molecule is Cc1cc(OCCCOc2cccc(C#N)c2)ccc1Cl. The minimum absolute atomic E-state index is 0.543. The Hall–Kier alpha value is -2.18. The Morgan fingerprint density at radius 1 is 1.05 bits per heavy atom. The Kier molecular flexibility index (Phi) is 5.48. The van der Waals surface area contributed by atoms with Crippen LogP contribution in [0, 0.1) is 18.3 Å². The van der Waals surface area contributed by atoms with Crippen LogP contribution in [0.5, 0.6) is 11.5 Å². The van der Waals surface area contributed by atoms with E-state index < -0.39 is 0 Å². The normalized spacial score (nSPS) is 9.95. The highest BCUT2D eigenvalue weighted by atomic mass is 35.5. The Bertz CT molecular complexity index is 649. The molecule has 4 heteroatoms. The summed E-state index contributed by atoms with van der Waals surface area (Å²) >= 11 is 5.96. The van der Waals surface area contributed by atoms with E-state index in [0.717, 1.165) is 22.8 Å². The van der Waals surface area contributed by atoms with Gasteiger partial charge in [0.25, 0.3) is 0 Å². The molecule has 0 saturated carbocycles. The third-order valence-corrected chi connectivity index (χ3v) is 3.34. The molecule has 108 valence electrons. The lowest BCUT2D eigenvalue weighted by molar-refractivity contribution is 0.247. The van der Waals surface area contributed by atoms with Crippen molar-refractivity contribution < 1.29 is 9.47 Å². The van der Waals surface area contributed by atoms with Gasteiger partial charge in [-0.2, -0.15) is 5.26 Å². The average molecular weight is 302 g/mol. The van der Waals surface area contributed by atoms with Gasteiger partial charge in [-0.05, 0) is 48.9 Å². The molecular weight excluding hydrogens is 286 g/mol. The molecule has 0 spiro atoms. The summed E-state index contributed by atoms with van der Waals surface area (Å²) in [4.78, 5) is 0. The molecular formula is C17H16ClNO2. The highest BCUT2D eigenvalue weighted by molar-refractivity contribution is 6.31. The van der Waals surface area contributed by atoms with Crippen LogP contribution in [-0.4, -0.2) is 13.2 Å². The summed E-state index contributed by atoms with van der Waals surface area (Å²) in [5.41, 5.74) is 1.60. The highest BCUT2D eigenvalue weighted by Gasteiger charge is 1.99. The zero-order chi connectivity index (χ0) is 15.1. The van der Waals surface area contributed by atoms with Crippen LogP contribution in [0.1, 0.15) is 17.5 Å². The lowest BCUT2D eigenvalue weighted by Crippen LogP contribution is -2.05. The molecule has 0 unspecified atom stereocenters. The first-order chi connectivity index (χ1) is 10.2. The first-order valence-electron chi connectivity index (χ1n) is 6.71. The zero-order valence-electron chi connectivity index (χ0n) is 11.8. The van der Waals surface area contributed by atoms with Crippen molar-refractivity contribution in [3.05, 3.63) is 58.6 Å². The second-order valence-electron chi connectivity index (χ2n) is 4.60. The number of nitrogens with zero attached hydrogens (tertiary/aromatic N) is 1. The number of hydrogen-bond acceptors (Lipinski definition) is 3. The van der Waals surface area contributed by atoms with E-state index >= 15 is 0 Å². The quantitative estimate of drug-likeness (QED) is 0.744. The summed E-state index contributed by atoms with van der Waals surface area (Å²) in [5, 5.41) is 9.54. The number of halogens is 1. The molecule has 0 heterocycles. The number of nitriles is 1. The van der Waals surface area contributed by atoms with Gasteiger partial charge in [-0.1, -0.05) is 17.7 Å². The maximum Gasteiger partial charge on any atom is 0.120 e. The minimum atomic E-state index is 0.543. The van der Waals surface area contributed by atoms with E-state index in [1.165, 1.54) is 0 Å². The molecule has 0 aliphatic heterocycles. The summed E-state index contributed by atoms with van der Waals surface area (Å²) < 4.78 is 11.2. The highest BCUT2D eigenvalue weighted by Crippen LogP contribution is 2.21. The fourth-order valence-corrected chi connectivity index (χ4v) is 1.92. The molecule has 0 aromatic heterocycles. The molecule has 21 heavy (non-hydrogen) atoms. The molecule has 0 aliphatic rings. The van der Waals surface area contributed by atoms with Crippen molar-refractivity contribution in [2.24, 2.45) is 0 Å². The van der Waals surface area contributed by atoms with E-state index in [-0.39, 0.29) is 0 Å². The molecule has 2 aromatic rings. The monoisotopic (exact) mass is 301 g/mol. The average Bonchev–Trinajstić information content (AvgIpc) is 2.50. The van der Waals surface area contributed by atoms with E-state index in [1.54, 1.807) is 18.2 Å². The van der Waals surface area contributed by atoms with Crippen LogP contribution >= 0.6 is 11.6 Å². The van der Waals surface area contributed by atoms with Gasteiger partial charge >= 0.3 is 0 Å². The molecule has 0 saturated heterocycles. The molecule has 0 amide bonds. The fourth-order valence-electron chi connectivity index (χ4n) is 1.80. The maximum absolute atomic E-state index is 8.80. The first kappa shape index (κ1) is 15.2. The topological polar surface area (TPSA) is 42.2 Å². The first-order valence-corrected chi connectivity index (χ1v) is 7.09. The van der Waals surface area contributed by atoms with Gasteiger partial charge in [0.2, 0.25) is 0 Å². The van der Waals surface area contributed by atoms with Crippen LogP contribution in [0.25, 0.3) is 0 Å². The van der Waals surface area contributed by atoms with E-state index in [0.29, 0.717) is 24.5 Å². The molecule has 2 rings (SSSR count). The molecule has 0 fully saturated rings. The van der Waals surface area contributed by atoms with Crippen molar-refractivity contribution in [3.8, 4) is 17.6 Å². The second kappa shape index (κ2) is 7.56. The van der Waals surface area contributed by atoms with Crippen LogP contribution in [-0.2, 0) is 0 Å². The number of hydrogen-bond donors (Lipinski definition) is 0. The zero-order valence-corrected chi connectivity index (χ0v) is 12.6. The van der Waals surface area contributed by atoms with Crippen LogP contribution < -0.4 is 9.47 Å². The van der Waals surface area contributed by atoms with Crippen LogP contribution in [0.3, 0.4) is 0 Å². The van der Waals surface area contributed by atoms with Gasteiger partial charge in [-0.25, -0.2) is 0 Å². The molecule has 2 aromatic carbocycles. The molecule has 0 atom stereocenters. The van der Waals surface area contributed by atoms with Crippen LogP contribution in [0.15, 0.2) is 42.5 Å². The molecule has 0 N–H and O–H groups in total. The Labute approximate surface area is 129 Å². The van der Waals surface area contributed by atoms with Crippen molar-refractivity contribution in [2.75, 3.05) is 13.2 Å². The van der Waals surface area contributed by atoms with Gasteiger partial charge < -0.3 is 9.47 Å². The second-order valence-corrected chi connectivity index (χ2v) is 5.01. The van der Waals surface area contributed by atoms with Crippen molar-refractivity contribution in [1.82, 2.24) is 0 Å². The van der Waals surface area contributed by atoms with Gasteiger partial charge in [-0.15, -0.1) is 0 Å². The third kappa shape index (κ3) is 4.70. The lowest BCUT2D eigenvalue weighted by Gasteiger charge is -2.09. The van der Waals surface area contributed by atoms with Gasteiger partial charge in [0, 0.05) is 11.4 Å². The van der Waals surface area contributed by atoms with E-state index in [4.69, 9.17) is 26.3 Å². The van der Waals surface area contributed by atoms with Gasteiger partial charge in [0.15, 0.2) is 0 Å². The smallest absolute Gasteiger partial charge is 0.120 e. The largest absolute Gasteiger partial charge is 0.493 e. The van der Waals surface area contributed by atoms with Crippen molar-refractivity contribution in [3.63, 3.8) is 0 Å². The fraction of sp³-hybridized carbons (Fsp3) is 0.235. The third-order valence-electron chi connectivity index (χ3n) is 2.92. The number of ether oxygens (including phenoxy) is 2. The lowest BCUT2D eigenvalue weighted by atomic mass is 10.2. The molecule has 0 radical (unpaired) electrons. The number of benzene rings is 2. The molecule has 0 bridgehead atoms. The summed E-state index contributed by atoms with van der Waals surface area (Å²) in [6.45, 7) is 3.06. The Balaban J connectivity index is 1.72. The van der Waals surface area contributed by atoms with Gasteiger partial charge in [0.1, 0.15) is 11.5 Å².